The molecule has 0 heterocycles. The Bertz CT molecular complexity index is 694. The summed E-state index contributed by atoms with van der Waals surface area (Å²) in [4.78, 5) is 13.3. The average molecular weight is 498 g/mol. The summed E-state index contributed by atoms with van der Waals surface area (Å²) in [6.45, 7) is 11.8. The first-order valence-electron chi connectivity index (χ1n) is 13.0. The van der Waals surface area contributed by atoms with Crippen LogP contribution in [0.2, 0.25) is 0 Å². The Morgan fingerprint density at radius 2 is 1.74 bits per heavy atom. The molecule has 178 valence electrons. The highest BCUT2D eigenvalue weighted by atomic mass is 79.9. The molecule has 0 aromatic rings. The second-order valence-electron chi connectivity index (χ2n) is 12.8. The zero-order chi connectivity index (χ0) is 22.8. The van der Waals surface area contributed by atoms with Gasteiger partial charge in [-0.05, 0) is 79.4 Å². The zero-order valence-electron chi connectivity index (χ0n) is 20.4. The molecule has 0 saturated heterocycles. The summed E-state index contributed by atoms with van der Waals surface area (Å²) in [5.41, 5.74) is -1.47. The Balaban J connectivity index is 1.58. The summed E-state index contributed by atoms with van der Waals surface area (Å²) in [7, 11) is 0. The van der Waals surface area contributed by atoms with Gasteiger partial charge in [-0.1, -0.05) is 69.8 Å². The van der Waals surface area contributed by atoms with Gasteiger partial charge >= 0.3 is 0 Å². The fraction of sp³-hybridized carbons (Fsp3) is 0.963. The van der Waals surface area contributed by atoms with E-state index < -0.39 is 17.1 Å². The number of aliphatic hydroxyl groups excluding tert-OH is 1. The zero-order valence-corrected chi connectivity index (χ0v) is 22.0. The van der Waals surface area contributed by atoms with Crippen molar-refractivity contribution in [3.05, 3.63) is 0 Å². The number of Topliss-reactive ketones (excluding diaryl/α,β-unsaturated/α-hetero) is 1. The minimum Gasteiger partial charge on any atom is -0.393 e. The topological polar surface area (TPSA) is 57.5 Å². The van der Waals surface area contributed by atoms with Crippen LogP contribution in [0.5, 0.6) is 0 Å². The number of carbonyl (C=O) groups is 1. The van der Waals surface area contributed by atoms with Crippen LogP contribution in [0.3, 0.4) is 0 Å². The van der Waals surface area contributed by atoms with Crippen molar-refractivity contribution >= 4 is 21.7 Å². The lowest BCUT2D eigenvalue weighted by Crippen LogP contribution is -2.70. The second kappa shape index (κ2) is 8.38. The molecule has 31 heavy (non-hydrogen) atoms. The monoisotopic (exact) mass is 496 g/mol. The molecule has 0 radical (unpaired) electrons. The van der Waals surface area contributed by atoms with E-state index in [-0.39, 0.29) is 17.0 Å². The van der Waals surface area contributed by atoms with Gasteiger partial charge in [-0.3, -0.25) is 4.79 Å². The van der Waals surface area contributed by atoms with Gasteiger partial charge < -0.3 is 10.2 Å². The molecule has 0 aromatic carbocycles. The van der Waals surface area contributed by atoms with E-state index in [1.165, 1.54) is 38.5 Å². The van der Waals surface area contributed by atoms with E-state index in [4.69, 9.17) is 0 Å². The molecule has 0 spiro atoms. The fourth-order valence-electron chi connectivity index (χ4n) is 9.00. The Labute approximate surface area is 198 Å². The molecule has 4 rings (SSSR count). The number of rotatable bonds is 5. The third-order valence-corrected chi connectivity index (χ3v) is 11.8. The summed E-state index contributed by atoms with van der Waals surface area (Å²) in [6, 6.07) is 0. The van der Waals surface area contributed by atoms with Crippen molar-refractivity contribution in [2.24, 2.45) is 46.3 Å². The summed E-state index contributed by atoms with van der Waals surface area (Å²) in [5, 5.41) is 21.9. The molecule has 10 atom stereocenters. The molecule has 4 aliphatic carbocycles. The smallest absolute Gasteiger partial charge is 0.178 e. The number of carbonyl (C=O) groups excluding carboxylic acids is 1. The lowest BCUT2D eigenvalue weighted by molar-refractivity contribution is -0.211. The minimum absolute atomic E-state index is 0.0484. The summed E-state index contributed by atoms with van der Waals surface area (Å²) in [6.07, 6.45) is 9.94. The van der Waals surface area contributed by atoms with Gasteiger partial charge in [-0.25, -0.2) is 0 Å². The van der Waals surface area contributed by atoms with Crippen LogP contribution in [0, 0.1) is 46.3 Å². The van der Waals surface area contributed by atoms with Crippen LogP contribution >= 0.6 is 15.9 Å². The first-order valence-corrected chi connectivity index (χ1v) is 14.0. The highest BCUT2D eigenvalue weighted by molar-refractivity contribution is 9.10. The van der Waals surface area contributed by atoms with Gasteiger partial charge in [0.05, 0.1) is 10.9 Å². The highest BCUT2D eigenvalue weighted by Gasteiger charge is 2.70. The van der Waals surface area contributed by atoms with Crippen molar-refractivity contribution < 1.29 is 15.0 Å². The maximum Gasteiger partial charge on any atom is 0.178 e. The molecule has 4 saturated carbocycles. The van der Waals surface area contributed by atoms with Gasteiger partial charge in [-0.2, -0.15) is 0 Å². The van der Waals surface area contributed by atoms with Crippen molar-refractivity contribution in [1.82, 2.24) is 0 Å². The SMILES string of the molecule is CC(C)CCC[C@@H](C)[C@H]1CC[C@H]2[C@@H]3C(Br)C(=O)C4(O)CC(O)CC[C@]4(C)[C@H]3CC[C@]12C. The number of alkyl halides is 1. The van der Waals surface area contributed by atoms with E-state index in [1.54, 1.807) is 0 Å². The Kier molecular flexibility index (Phi) is 6.54. The lowest BCUT2D eigenvalue weighted by atomic mass is 9.42. The Morgan fingerprint density at radius 3 is 2.42 bits per heavy atom. The largest absolute Gasteiger partial charge is 0.393 e. The lowest BCUT2D eigenvalue weighted by Gasteiger charge is -2.64. The number of hydrogen-bond donors (Lipinski definition) is 2. The number of halogens is 1. The molecular formula is C27H45BrO3. The van der Waals surface area contributed by atoms with Crippen molar-refractivity contribution in [2.75, 3.05) is 0 Å². The third kappa shape index (κ3) is 3.60. The molecule has 3 nitrogen and oxygen atoms in total. The van der Waals surface area contributed by atoms with Gasteiger partial charge in [0.15, 0.2) is 5.78 Å². The van der Waals surface area contributed by atoms with Crippen molar-refractivity contribution in [1.29, 1.82) is 0 Å². The van der Waals surface area contributed by atoms with E-state index in [9.17, 15) is 15.0 Å². The highest BCUT2D eigenvalue weighted by Crippen LogP contribution is 2.69. The van der Waals surface area contributed by atoms with E-state index in [2.05, 4.69) is 50.5 Å². The third-order valence-electron chi connectivity index (χ3n) is 10.8. The molecule has 0 amide bonds. The fourth-order valence-corrected chi connectivity index (χ4v) is 10.1. The number of ketones is 1. The van der Waals surface area contributed by atoms with Crippen LogP contribution in [0.4, 0.5) is 0 Å². The van der Waals surface area contributed by atoms with Crippen LogP contribution in [0.15, 0.2) is 0 Å². The van der Waals surface area contributed by atoms with Crippen molar-refractivity contribution in [2.45, 2.75) is 115 Å². The maximum atomic E-state index is 13.6. The molecule has 2 N–H and O–H groups in total. The first-order chi connectivity index (χ1) is 14.5. The number of fused-ring (bicyclic) bond motifs is 5. The average Bonchev–Trinajstić information content (AvgIpc) is 3.05. The molecular weight excluding hydrogens is 452 g/mol. The summed E-state index contributed by atoms with van der Waals surface area (Å²) < 4.78 is 0. The van der Waals surface area contributed by atoms with Gasteiger partial charge in [0.1, 0.15) is 5.60 Å². The van der Waals surface area contributed by atoms with E-state index in [0.717, 1.165) is 30.6 Å². The molecule has 0 aliphatic heterocycles. The molecule has 0 aromatic heterocycles. The minimum atomic E-state index is -1.38. The normalized spacial score (nSPS) is 50.7. The van der Waals surface area contributed by atoms with Crippen LogP contribution in [-0.2, 0) is 4.79 Å². The van der Waals surface area contributed by atoms with Gasteiger partial charge in [0.25, 0.3) is 0 Å². The number of aliphatic hydroxyl groups is 2. The van der Waals surface area contributed by atoms with Crippen molar-refractivity contribution in [3.63, 3.8) is 0 Å². The maximum absolute atomic E-state index is 13.6. The molecule has 0 bridgehead atoms. The Hall–Kier alpha value is 0.0700. The predicted octanol–water partition coefficient (Wildman–Crippen LogP) is 6.14. The van der Waals surface area contributed by atoms with Crippen LogP contribution in [0.25, 0.3) is 0 Å². The van der Waals surface area contributed by atoms with E-state index in [0.29, 0.717) is 29.6 Å². The van der Waals surface area contributed by atoms with Crippen molar-refractivity contribution in [3.8, 4) is 0 Å². The van der Waals surface area contributed by atoms with Gasteiger partial charge in [0.2, 0.25) is 0 Å². The quantitative estimate of drug-likeness (QED) is 0.449. The first kappa shape index (κ1) is 24.2. The number of hydrogen-bond acceptors (Lipinski definition) is 3. The molecule has 4 heteroatoms. The van der Waals surface area contributed by atoms with Crippen LogP contribution < -0.4 is 0 Å². The second-order valence-corrected chi connectivity index (χ2v) is 13.7. The molecule has 3 unspecified atom stereocenters. The standard InChI is InChI=1S/C27H45BrO3/c1-16(2)7-6-8-17(3)19-9-10-20-22-21(12-13-25(19,20)4)26(5)14-11-18(29)15-27(26,31)24(30)23(22)28/h16-23,29,31H,6-15H2,1-5H3/t17-,18?,19-,20+,21+,22+,23?,25-,26-,27?/m1/s1. The van der Waals surface area contributed by atoms with E-state index >= 15 is 0 Å². The van der Waals surface area contributed by atoms with Gasteiger partial charge in [0, 0.05) is 11.8 Å². The van der Waals surface area contributed by atoms with Crippen LogP contribution in [-0.4, -0.2) is 32.5 Å². The molecule has 4 fully saturated rings. The van der Waals surface area contributed by atoms with E-state index in [1.807, 2.05) is 0 Å². The Morgan fingerprint density at radius 1 is 1.03 bits per heavy atom. The predicted molar refractivity (Wildman–Crippen MR) is 129 cm³/mol. The summed E-state index contributed by atoms with van der Waals surface area (Å²) >= 11 is 3.82. The van der Waals surface area contributed by atoms with Gasteiger partial charge in [-0.15, -0.1) is 0 Å². The summed E-state index contributed by atoms with van der Waals surface area (Å²) in [5.74, 6) is 3.47. The molecule has 4 aliphatic rings. The van der Waals surface area contributed by atoms with Crippen LogP contribution in [0.1, 0.15) is 98.8 Å².